The maximum Gasteiger partial charge on any atom is 0.254 e. The number of nitrogen functional groups attached to an aromatic ring is 1. The van der Waals surface area contributed by atoms with Crippen LogP contribution in [0.25, 0.3) is 0 Å². The Bertz CT molecular complexity index is 1140. The predicted molar refractivity (Wildman–Crippen MR) is 122 cm³/mol. The Hall–Kier alpha value is -3.49. The first-order valence-electron chi connectivity index (χ1n) is 11.1. The van der Waals surface area contributed by atoms with Crippen LogP contribution in [0.15, 0.2) is 36.7 Å². The molecule has 3 aromatic rings. The number of pyridine rings is 1. The van der Waals surface area contributed by atoms with Crippen LogP contribution in [-0.2, 0) is 13.1 Å². The third kappa shape index (κ3) is 5.30. The van der Waals surface area contributed by atoms with Gasteiger partial charge in [-0.2, -0.15) is 0 Å². The lowest BCUT2D eigenvalue weighted by Crippen LogP contribution is -2.28. The molecule has 33 heavy (non-hydrogen) atoms. The second-order valence-corrected chi connectivity index (χ2v) is 8.78. The quantitative estimate of drug-likeness (QED) is 0.556. The second kappa shape index (κ2) is 9.56. The van der Waals surface area contributed by atoms with Gasteiger partial charge in [0.05, 0.1) is 12.7 Å². The Kier molecular flexibility index (Phi) is 6.57. The SMILES string of the molecule is Cc1cnc(N)c(OC(C)c2cc(F)ccc2C(=O)N(C)Cc2cn(CC3CCC3)nn2)c1. The highest BCUT2D eigenvalue weighted by molar-refractivity contribution is 5.95. The van der Waals surface area contributed by atoms with E-state index in [-0.39, 0.29) is 11.7 Å². The van der Waals surface area contributed by atoms with E-state index in [0.29, 0.717) is 35.0 Å². The van der Waals surface area contributed by atoms with Crippen LogP contribution in [0.4, 0.5) is 10.2 Å². The molecule has 1 aromatic carbocycles. The van der Waals surface area contributed by atoms with Crippen LogP contribution >= 0.6 is 0 Å². The maximum absolute atomic E-state index is 14.1. The first kappa shape index (κ1) is 22.7. The maximum atomic E-state index is 14.1. The van der Waals surface area contributed by atoms with Gasteiger partial charge in [0.15, 0.2) is 11.6 Å². The van der Waals surface area contributed by atoms with Crippen molar-refractivity contribution in [3.8, 4) is 5.75 Å². The van der Waals surface area contributed by atoms with E-state index < -0.39 is 11.9 Å². The summed E-state index contributed by atoms with van der Waals surface area (Å²) >= 11 is 0. The number of carbonyl (C=O) groups excluding carboxylic acids is 1. The van der Waals surface area contributed by atoms with Gasteiger partial charge in [0.1, 0.15) is 17.6 Å². The van der Waals surface area contributed by atoms with E-state index in [9.17, 15) is 9.18 Å². The van der Waals surface area contributed by atoms with Crippen LogP contribution in [0.5, 0.6) is 5.75 Å². The summed E-state index contributed by atoms with van der Waals surface area (Å²) in [6.45, 7) is 4.78. The molecule has 1 aliphatic carbocycles. The number of carbonyl (C=O) groups is 1. The summed E-state index contributed by atoms with van der Waals surface area (Å²) in [5.41, 5.74) is 8.29. The summed E-state index contributed by atoms with van der Waals surface area (Å²) in [6.07, 6.45) is 6.63. The highest BCUT2D eigenvalue weighted by Gasteiger charge is 2.23. The predicted octanol–water partition coefficient (Wildman–Crippen LogP) is 3.92. The fraction of sp³-hybridized carbons (Fsp3) is 0.417. The van der Waals surface area contributed by atoms with E-state index in [1.54, 1.807) is 31.1 Å². The molecule has 0 spiro atoms. The van der Waals surface area contributed by atoms with Crippen molar-refractivity contribution in [2.45, 2.75) is 52.3 Å². The number of amides is 1. The third-order valence-electron chi connectivity index (χ3n) is 6.01. The summed E-state index contributed by atoms with van der Waals surface area (Å²) in [6, 6.07) is 5.84. The van der Waals surface area contributed by atoms with E-state index in [0.717, 1.165) is 12.1 Å². The zero-order valence-electron chi connectivity index (χ0n) is 19.2. The van der Waals surface area contributed by atoms with E-state index in [1.807, 2.05) is 17.8 Å². The largest absolute Gasteiger partial charge is 0.482 e. The minimum atomic E-state index is -0.623. The zero-order valence-corrected chi connectivity index (χ0v) is 19.2. The fourth-order valence-corrected chi connectivity index (χ4v) is 3.93. The first-order chi connectivity index (χ1) is 15.8. The zero-order chi connectivity index (χ0) is 23.5. The molecule has 2 aromatic heterocycles. The number of nitrogens with zero attached hydrogens (tertiary/aromatic N) is 5. The Labute approximate surface area is 192 Å². The average molecular weight is 453 g/mol. The van der Waals surface area contributed by atoms with Crippen molar-refractivity contribution in [3.05, 3.63) is 64.9 Å². The summed E-state index contributed by atoms with van der Waals surface area (Å²) < 4.78 is 21.9. The van der Waals surface area contributed by atoms with Crippen molar-refractivity contribution < 1.29 is 13.9 Å². The second-order valence-electron chi connectivity index (χ2n) is 8.78. The number of nitrogens with two attached hydrogens (primary N) is 1. The lowest BCUT2D eigenvalue weighted by molar-refractivity contribution is 0.0778. The van der Waals surface area contributed by atoms with Gasteiger partial charge >= 0.3 is 0 Å². The normalized spacial score (nSPS) is 14.5. The van der Waals surface area contributed by atoms with Gasteiger partial charge in [-0.1, -0.05) is 11.6 Å². The molecule has 174 valence electrons. The van der Waals surface area contributed by atoms with Crippen LogP contribution in [0.1, 0.15) is 59.5 Å². The van der Waals surface area contributed by atoms with Crippen LogP contribution in [0.2, 0.25) is 0 Å². The number of ether oxygens (including phenoxy) is 1. The van der Waals surface area contributed by atoms with Crippen molar-refractivity contribution in [1.29, 1.82) is 0 Å². The molecule has 1 aliphatic rings. The fourth-order valence-electron chi connectivity index (χ4n) is 3.93. The Morgan fingerprint density at radius 1 is 1.36 bits per heavy atom. The van der Waals surface area contributed by atoms with Crippen molar-refractivity contribution in [2.24, 2.45) is 5.92 Å². The Morgan fingerprint density at radius 3 is 2.88 bits per heavy atom. The molecule has 0 aliphatic heterocycles. The molecule has 8 nitrogen and oxygen atoms in total. The number of aromatic nitrogens is 4. The average Bonchev–Trinajstić information content (AvgIpc) is 3.19. The van der Waals surface area contributed by atoms with E-state index in [2.05, 4.69) is 15.3 Å². The van der Waals surface area contributed by atoms with E-state index in [4.69, 9.17) is 10.5 Å². The van der Waals surface area contributed by atoms with E-state index >= 15 is 0 Å². The summed E-state index contributed by atoms with van der Waals surface area (Å²) in [5, 5.41) is 8.39. The number of hydrogen-bond donors (Lipinski definition) is 1. The topological polar surface area (TPSA) is 99.2 Å². The minimum absolute atomic E-state index is 0.235. The molecule has 9 heteroatoms. The van der Waals surface area contributed by atoms with Gasteiger partial charge in [0, 0.05) is 30.9 Å². The van der Waals surface area contributed by atoms with Crippen molar-refractivity contribution in [1.82, 2.24) is 24.9 Å². The molecule has 0 bridgehead atoms. The van der Waals surface area contributed by atoms with Crippen molar-refractivity contribution in [2.75, 3.05) is 12.8 Å². The number of hydrogen-bond acceptors (Lipinski definition) is 6. The molecule has 0 saturated heterocycles. The standard InChI is InChI=1S/C24H29FN6O2/c1-15-9-22(23(26)27-11-15)33-16(2)21-10-18(25)7-8-20(21)24(32)30(3)13-19-14-31(29-28-19)12-17-5-4-6-17/h7-11,14,16-17H,4-6,12-13H2,1-3H3,(H2,26,27). The number of aryl methyl sites for hydroxylation is 1. The molecule has 2 N–H and O–H groups in total. The van der Waals surface area contributed by atoms with Crippen molar-refractivity contribution >= 4 is 11.7 Å². The van der Waals surface area contributed by atoms with Crippen molar-refractivity contribution in [3.63, 3.8) is 0 Å². The molecular weight excluding hydrogens is 423 g/mol. The van der Waals surface area contributed by atoms with Gasteiger partial charge in [-0.05, 0) is 62.4 Å². The Morgan fingerprint density at radius 2 is 2.15 bits per heavy atom. The van der Waals surface area contributed by atoms with E-state index in [1.165, 1.54) is 37.5 Å². The monoisotopic (exact) mass is 452 g/mol. The van der Waals surface area contributed by atoms with Gasteiger partial charge in [-0.3, -0.25) is 9.48 Å². The van der Waals surface area contributed by atoms with Crippen LogP contribution in [0.3, 0.4) is 0 Å². The number of benzene rings is 1. The summed E-state index contributed by atoms with van der Waals surface area (Å²) in [4.78, 5) is 18.9. The molecule has 4 rings (SSSR count). The number of halogens is 1. The molecule has 1 fully saturated rings. The first-order valence-corrected chi connectivity index (χ1v) is 11.1. The molecule has 1 saturated carbocycles. The molecule has 0 radical (unpaired) electrons. The number of anilines is 1. The molecule has 1 unspecified atom stereocenters. The highest BCUT2D eigenvalue weighted by Crippen LogP contribution is 2.30. The van der Waals surface area contributed by atoms with Gasteiger partial charge in [0.25, 0.3) is 5.91 Å². The minimum Gasteiger partial charge on any atom is -0.482 e. The molecular formula is C24H29FN6O2. The van der Waals surface area contributed by atoms with Gasteiger partial charge < -0.3 is 15.4 Å². The lowest BCUT2D eigenvalue weighted by Gasteiger charge is -2.24. The summed E-state index contributed by atoms with van der Waals surface area (Å²) in [5.74, 6) is 0.582. The van der Waals surface area contributed by atoms with Gasteiger partial charge in [-0.25, -0.2) is 9.37 Å². The number of rotatable bonds is 8. The van der Waals surface area contributed by atoms with Crippen LogP contribution < -0.4 is 10.5 Å². The lowest BCUT2D eigenvalue weighted by atomic mass is 9.85. The van der Waals surface area contributed by atoms with Gasteiger partial charge in [0.2, 0.25) is 0 Å². The molecule has 1 atom stereocenters. The van der Waals surface area contributed by atoms with Crippen LogP contribution in [0, 0.1) is 18.7 Å². The third-order valence-corrected chi connectivity index (χ3v) is 6.01. The van der Waals surface area contributed by atoms with Crippen LogP contribution in [-0.4, -0.2) is 37.8 Å². The summed E-state index contributed by atoms with van der Waals surface area (Å²) in [7, 11) is 1.69. The Balaban J connectivity index is 1.49. The molecule has 2 heterocycles. The van der Waals surface area contributed by atoms with Gasteiger partial charge in [-0.15, -0.1) is 5.10 Å². The smallest absolute Gasteiger partial charge is 0.254 e. The highest BCUT2D eigenvalue weighted by atomic mass is 19.1. The molecule has 1 amide bonds.